The van der Waals surface area contributed by atoms with Gasteiger partial charge in [-0.1, -0.05) is 0 Å². The highest BCUT2D eigenvalue weighted by Crippen LogP contribution is 2.39. The van der Waals surface area contributed by atoms with E-state index in [4.69, 9.17) is 5.73 Å². The molecular weight excluding hydrogens is 360 g/mol. The van der Waals surface area contributed by atoms with Gasteiger partial charge in [-0.25, -0.2) is 0 Å². The van der Waals surface area contributed by atoms with Crippen molar-refractivity contribution in [3.05, 3.63) is 0 Å². The molecule has 4 atom stereocenters. The highest BCUT2D eigenvalue weighted by atomic mass is 32.2. The normalized spacial score (nSPS) is 32.2. The van der Waals surface area contributed by atoms with Crippen molar-refractivity contribution >= 4 is 35.3 Å². The SMILES string of the molecule is C[C@@H](O)[C@H](N)C(=O)N1CCC2(C1)N[C@H](CC(=O)N1CCSCC1)CS2. The first-order valence-electron chi connectivity index (χ1n) is 8.90. The van der Waals surface area contributed by atoms with Crippen molar-refractivity contribution in [1.82, 2.24) is 15.1 Å². The second kappa shape index (κ2) is 8.04. The van der Waals surface area contributed by atoms with Gasteiger partial charge in [0.2, 0.25) is 11.8 Å². The Hall–Kier alpha value is -0.480. The summed E-state index contributed by atoms with van der Waals surface area (Å²) in [5.74, 6) is 2.99. The first-order valence-corrected chi connectivity index (χ1v) is 11.0. The lowest BCUT2D eigenvalue weighted by Crippen LogP contribution is -2.51. The molecule has 2 amide bonds. The minimum absolute atomic E-state index is 0.160. The average molecular weight is 389 g/mol. The van der Waals surface area contributed by atoms with E-state index in [1.165, 1.54) is 6.92 Å². The number of likely N-dealkylation sites (tertiary alicyclic amines) is 1. The Labute approximate surface area is 157 Å². The number of carbonyl (C=O) groups excluding carboxylic acids is 2. The lowest BCUT2D eigenvalue weighted by molar-refractivity contribution is -0.134. The number of aliphatic hydroxyl groups excluding tert-OH is 1. The minimum Gasteiger partial charge on any atom is -0.391 e. The summed E-state index contributed by atoms with van der Waals surface area (Å²) < 4.78 is 0. The molecule has 142 valence electrons. The maximum atomic E-state index is 12.5. The summed E-state index contributed by atoms with van der Waals surface area (Å²) in [7, 11) is 0. The Morgan fingerprint density at radius 2 is 2.04 bits per heavy atom. The predicted octanol–water partition coefficient (Wildman–Crippen LogP) is -0.706. The first kappa shape index (κ1) is 19.3. The van der Waals surface area contributed by atoms with Crippen LogP contribution in [0, 0.1) is 0 Å². The second-order valence-electron chi connectivity index (χ2n) is 7.12. The Bertz CT molecular complexity index is 516. The third-order valence-electron chi connectivity index (χ3n) is 5.16. The number of thioether (sulfide) groups is 2. The maximum absolute atomic E-state index is 12.5. The summed E-state index contributed by atoms with van der Waals surface area (Å²) in [5.41, 5.74) is 5.78. The molecule has 7 nitrogen and oxygen atoms in total. The summed E-state index contributed by atoms with van der Waals surface area (Å²) in [6, 6.07) is -0.705. The van der Waals surface area contributed by atoms with Crippen LogP contribution in [0.1, 0.15) is 19.8 Å². The number of carbonyl (C=O) groups is 2. The molecule has 0 saturated carbocycles. The van der Waals surface area contributed by atoms with Crippen LogP contribution in [0.25, 0.3) is 0 Å². The number of nitrogens with one attached hydrogen (secondary N) is 1. The zero-order chi connectivity index (χ0) is 18.0. The number of hydrogen-bond donors (Lipinski definition) is 3. The lowest BCUT2D eigenvalue weighted by atomic mass is 10.1. The van der Waals surface area contributed by atoms with Crippen LogP contribution in [0.4, 0.5) is 0 Å². The first-order chi connectivity index (χ1) is 11.9. The number of rotatable bonds is 4. The molecule has 0 aromatic heterocycles. The lowest BCUT2D eigenvalue weighted by Gasteiger charge is -2.29. The van der Waals surface area contributed by atoms with Crippen LogP contribution in [-0.2, 0) is 9.59 Å². The van der Waals surface area contributed by atoms with Crippen LogP contribution in [0.5, 0.6) is 0 Å². The van der Waals surface area contributed by atoms with Gasteiger partial charge in [0, 0.05) is 55.9 Å². The van der Waals surface area contributed by atoms with Crippen molar-refractivity contribution in [3.8, 4) is 0 Å². The summed E-state index contributed by atoms with van der Waals surface area (Å²) >= 11 is 3.71. The van der Waals surface area contributed by atoms with Gasteiger partial charge in [0.15, 0.2) is 0 Å². The van der Waals surface area contributed by atoms with E-state index < -0.39 is 12.1 Å². The van der Waals surface area contributed by atoms with Gasteiger partial charge in [-0.2, -0.15) is 11.8 Å². The molecule has 0 bridgehead atoms. The van der Waals surface area contributed by atoms with Gasteiger partial charge in [-0.15, -0.1) is 11.8 Å². The third-order valence-corrected chi connectivity index (χ3v) is 7.68. The number of hydrogen-bond acceptors (Lipinski definition) is 7. The van der Waals surface area contributed by atoms with Crippen LogP contribution in [-0.4, -0.2) is 93.2 Å². The molecule has 1 spiro atoms. The second-order valence-corrected chi connectivity index (χ2v) is 9.75. The molecule has 4 N–H and O–H groups in total. The molecule has 3 aliphatic heterocycles. The fraction of sp³-hybridized carbons (Fsp3) is 0.875. The zero-order valence-electron chi connectivity index (χ0n) is 14.6. The van der Waals surface area contributed by atoms with Crippen molar-refractivity contribution in [2.75, 3.05) is 43.4 Å². The van der Waals surface area contributed by atoms with E-state index >= 15 is 0 Å². The van der Waals surface area contributed by atoms with Gasteiger partial charge in [0.05, 0.1) is 11.0 Å². The van der Waals surface area contributed by atoms with E-state index in [0.29, 0.717) is 19.5 Å². The number of aliphatic hydroxyl groups is 1. The molecule has 0 radical (unpaired) electrons. The van der Waals surface area contributed by atoms with E-state index in [9.17, 15) is 14.7 Å². The summed E-state index contributed by atoms with van der Waals surface area (Å²) in [6.07, 6.45) is 0.531. The molecule has 1 unspecified atom stereocenters. The molecule has 0 aliphatic carbocycles. The monoisotopic (exact) mass is 388 g/mol. The molecule has 3 aliphatic rings. The average Bonchev–Trinajstić information content (AvgIpc) is 3.21. The van der Waals surface area contributed by atoms with Gasteiger partial charge in [-0.3, -0.25) is 14.9 Å². The van der Waals surface area contributed by atoms with E-state index in [1.54, 1.807) is 4.90 Å². The standard InChI is InChI=1S/C16H28N4O3S2/c1-11(21)14(17)15(23)20-3-2-16(10-20)18-12(9-25-16)8-13(22)19-4-6-24-7-5-19/h11-12,14,18,21H,2-10,17H2,1H3/t11-,12-,14+,16?/m1/s1. The Morgan fingerprint density at radius 3 is 2.72 bits per heavy atom. The molecule has 3 heterocycles. The van der Waals surface area contributed by atoms with Crippen molar-refractivity contribution < 1.29 is 14.7 Å². The number of nitrogens with zero attached hydrogens (tertiary/aromatic N) is 2. The highest BCUT2D eigenvalue weighted by Gasteiger charge is 2.47. The van der Waals surface area contributed by atoms with Gasteiger partial charge in [-0.05, 0) is 13.3 Å². The molecule has 9 heteroatoms. The van der Waals surface area contributed by atoms with Crippen LogP contribution in [0.3, 0.4) is 0 Å². The van der Waals surface area contributed by atoms with E-state index in [0.717, 1.165) is 36.8 Å². The number of amides is 2. The molecule has 0 aromatic carbocycles. The largest absolute Gasteiger partial charge is 0.391 e. The summed E-state index contributed by atoms with van der Waals surface area (Å²) in [5, 5.41) is 13.1. The maximum Gasteiger partial charge on any atom is 0.242 e. The Balaban J connectivity index is 1.50. The van der Waals surface area contributed by atoms with Crippen LogP contribution >= 0.6 is 23.5 Å². The van der Waals surface area contributed by atoms with Crippen molar-refractivity contribution in [1.29, 1.82) is 0 Å². The summed E-state index contributed by atoms with van der Waals surface area (Å²) in [6.45, 7) is 4.48. The molecule has 0 aromatic rings. The molecule has 3 rings (SSSR count). The van der Waals surface area contributed by atoms with E-state index in [-0.39, 0.29) is 22.7 Å². The highest BCUT2D eigenvalue weighted by molar-refractivity contribution is 8.01. The smallest absolute Gasteiger partial charge is 0.242 e. The van der Waals surface area contributed by atoms with E-state index in [1.807, 2.05) is 28.4 Å². The van der Waals surface area contributed by atoms with E-state index in [2.05, 4.69) is 5.32 Å². The quantitative estimate of drug-likeness (QED) is 0.585. The fourth-order valence-corrected chi connectivity index (χ4v) is 5.96. The molecule has 3 fully saturated rings. The van der Waals surface area contributed by atoms with Crippen LogP contribution in [0.2, 0.25) is 0 Å². The molecule has 3 saturated heterocycles. The van der Waals surface area contributed by atoms with Crippen molar-refractivity contribution in [2.24, 2.45) is 5.73 Å². The van der Waals surface area contributed by atoms with Crippen molar-refractivity contribution in [2.45, 2.75) is 42.8 Å². The van der Waals surface area contributed by atoms with Gasteiger partial charge in [0.1, 0.15) is 6.04 Å². The minimum atomic E-state index is -0.865. The van der Waals surface area contributed by atoms with Crippen LogP contribution in [0.15, 0.2) is 0 Å². The topological polar surface area (TPSA) is 98.9 Å². The van der Waals surface area contributed by atoms with Gasteiger partial charge >= 0.3 is 0 Å². The zero-order valence-corrected chi connectivity index (χ0v) is 16.3. The van der Waals surface area contributed by atoms with Gasteiger partial charge < -0.3 is 20.6 Å². The van der Waals surface area contributed by atoms with Crippen LogP contribution < -0.4 is 11.1 Å². The number of nitrogens with two attached hydrogens (primary N) is 1. The molecule has 25 heavy (non-hydrogen) atoms. The van der Waals surface area contributed by atoms with Crippen molar-refractivity contribution in [3.63, 3.8) is 0 Å². The fourth-order valence-electron chi connectivity index (χ4n) is 3.60. The third kappa shape index (κ3) is 4.44. The Morgan fingerprint density at radius 1 is 1.32 bits per heavy atom. The predicted molar refractivity (Wildman–Crippen MR) is 101 cm³/mol. The van der Waals surface area contributed by atoms with Gasteiger partial charge in [0.25, 0.3) is 0 Å². The molecular formula is C16H28N4O3S2. The summed E-state index contributed by atoms with van der Waals surface area (Å²) in [4.78, 5) is 28.3. The Kier molecular flexibility index (Phi) is 6.20.